The van der Waals surface area contributed by atoms with Crippen LogP contribution in [0.15, 0.2) is 9.04 Å². The lowest BCUT2D eigenvalue weighted by molar-refractivity contribution is 0.170. The van der Waals surface area contributed by atoms with Crippen LogP contribution >= 0.6 is 0 Å². The van der Waals surface area contributed by atoms with Crippen LogP contribution in [-0.2, 0) is 34.3 Å². The monoisotopic (exact) mass is 646 g/mol. The number of rotatable bonds is 21. The molecule has 3 heterocycles. The third-order valence-electron chi connectivity index (χ3n) is 9.10. The van der Waals surface area contributed by atoms with E-state index in [2.05, 4.69) is 25.8 Å². The van der Waals surface area contributed by atoms with E-state index in [1.165, 1.54) is 64.2 Å². The Morgan fingerprint density at radius 1 is 0.767 bits per heavy atom. The zero-order valence-corrected chi connectivity index (χ0v) is 27.2. The Morgan fingerprint density at radius 2 is 1.33 bits per heavy atom. The van der Waals surface area contributed by atoms with Gasteiger partial charge < -0.3 is 14.2 Å². The van der Waals surface area contributed by atoms with E-state index in [0.717, 1.165) is 38.5 Å². The minimum Gasteiger partial charge on any atom is -0.373 e. The van der Waals surface area contributed by atoms with Crippen LogP contribution in [0.5, 0.6) is 0 Å². The number of hydrogen-bond acceptors (Lipinski definition) is 7. The Bertz CT molecular complexity index is 1170. The fourth-order valence-corrected chi connectivity index (χ4v) is 9.10. The highest BCUT2D eigenvalue weighted by Gasteiger charge is 2.64. The molecule has 0 N–H and O–H groups in total. The van der Waals surface area contributed by atoms with Gasteiger partial charge in [-0.3, -0.25) is 0 Å². The molecule has 6 atom stereocenters. The maximum absolute atomic E-state index is 12.4. The summed E-state index contributed by atoms with van der Waals surface area (Å²) < 4.78 is 68.3. The second-order valence-corrected chi connectivity index (χ2v) is 15.9. The Hall–Kier alpha value is -1.60. The summed E-state index contributed by atoms with van der Waals surface area (Å²) in [6.07, 6.45) is 20.3. The molecule has 6 unspecified atom stereocenters. The molecular formula is C28H50N6O7S2. The van der Waals surface area contributed by atoms with Crippen molar-refractivity contribution >= 4 is 20.0 Å². The van der Waals surface area contributed by atoms with Gasteiger partial charge >= 0.3 is 0 Å². The quantitative estimate of drug-likeness (QED) is 0.0411. The van der Waals surface area contributed by atoms with Crippen molar-refractivity contribution in [2.75, 3.05) is 19.0 Å². The molecule has 0 bridgehead atoms. The van der Waals surface area contributed by atoms with Crippen molar-refractivity contribution in [1.82, 2.24) is 0 Å². The molecule has 15 heteroatoms. The summed E-state index contributed by atoms with van der Waals surface area (Å²) in [5.74, 6) is -0.137. The summed E-state index contributed by atoms with van der Waals surface area (Å²) in [5.41, 5.74) is 16.6. The van der Waals surface area contributed by atoms with E-state index in [9.17, 15) is 16.8 Å². The third-order valence-corrected chi connectivity index (χ3v) is 12.2. The lowest BCUT2D eigenvalue weighted by atomic mass is 9.75. The van der Waals surface area contributed by atoms with Gasteiger partial charge in [-0.15, -0.1) is 0 Å². The summed E-state index contributed by atoms with van der Waals surface area (Å²) in [4.78, 5) is 4.83. The fourth-order valence-electron chi connectivity index (χ4n) is 6.57. The van der Waals surface area contributed by atoms with Crippen molar-refractivity contribution in [1.29, 1.82) is 0 Å². The first-order valence-electron chi connectivity index (χ1n) is 16.2. The minimum absolute atomic E-state index is 0.0156. The molecule has 0 spiro atoms. The van der Waals surface area contributed by atoms with Crippen molar-refractivity contribution in [3.05, 3.63) is 20.9 Å². The topological polar surface area (TPSA) is 203 Å². The van der Waals surface area contributed by atoms with Gasteiger partial charge in [0.1, 0.15) is 10.9 Å². The molecule has 0 radical (unpaired) electrons. The van der Waals surface area contributed by atoms with Crippen LogP contribution in [0, 0.1) is 5.92 Å². The second-order valence-electron chi connectivity index (χ2n) is 12.3. The van der Waals surface area contributed by atoms with E-state index in [-0.39, 0.29) is 23.9 Å². The maximum atomic E-state index is 12.4. The normalized spacial score (nSPS) is 29.4. The molecule has 0 amide bonds. The number of azide groups is 2. The molecule has 246 valence electrons. The minimum atomic E-state index is -3.88. The van der Waals surface area contributed by atoms with E-state index in [4.69, 9.17) is 25.3 Å². The number of unbranched alkanes of at least 4 members (excludes halogenated alkanes) is 10. The molecule has 1 aliphatic carbocycles. The third kappa shape index (κ3) is 11.7. The van der Waals surface area contributed by atoms with Gasteiger partial charge in [0.2, 0.25) is 20.0 Å². The summed E-state index contributed by atoms with van der Waals surface area (Å²) in [6.45, 7) is 3.29. The van der Waals surface area contributed by atoms with Crippen LogP contribution in [0.1, 0.15) is 122 Å². The standard InChI is InChI=1S/C18H35N3O3S.C10H15N3O4S/c1-2-3-4-5-8-11-14-17-18(24-17)15-12-9-6-7-10-13-16-25(22,23)21-20-19;11-12-13-18(14,15)10(9-6-17-9)4-2-1-3-7(10)8-5-16-8/h17-18H,2-16H2,1H3;7-9H,1-6H2. The number of nitrogens with zero attached hydrogens (tertiary/aromatic N) is 6. The van der Waals surface area contributed by atoms with E-state index >= 15 is 0 Å². The van der Waals surface area contributed by atoms with Gasteiger partial charge in [0.25, 0.3) is 0 Å². The highest BCUT2D eigenvalue weighted by molar-refractivity contribution is 7.91. The van der Waals surface area contributed by atoms with Gasteiger partial charge in [-0.05, 0) is 43.2 Å². The molecule has 3 saturated heterocycles. The summed E-state index contributed by atoms with van der Waals surface area (Å²) in [5, 5.41) is 0. The average Bonchev–Trinajstić information content (AvgIpc) is 3.82. The predicted molar refractivity (Wildman–Crippen MR) is 164 cm³/mol. The van der Waals surface area contributed by atoms with Crippen molar-refractivity contribution < 1.29 is 31.0 Å². The van der Waals surface area contributed by atoms with Gasteiger partial charge in [0.15, 0.2) is 0 Å². The van der Waals surface area contributed by atoms with Gasteiger partial charge in [-0.1, -0.05) is 90.4 Å². The van der Waals surface area contributed by atoms with Gasteiger partial charge in [-0.25, -0.2) is 16.8 Å². The Balaban J connectivity index is 0.000000246. The second kappa shape index (κ2) is 17.8. The molecule has 4 fully saturated rings. The molecule has 13 nitrogen and oxygen atoms in total. The summed E-state index contributed by atoms with van der Waals surface area (Å²) >= 11 is 0. The van der Waals surface area contributed by atoms with Crippen LogP contribution in [0.25, 0.3) is 20.9 Å². The van der Waals surface area contributed by atoms with Crippen molar-refractivity contribution in [2.45, 2.75) is 152 Å². The molecule has 1 saturated carbocycles. The first kappa shape index (κ1) is 35.9. The van der Waals surface area contributed by atoms with Crippen LogP contribution in [0.2, 0.25) is 0 Å². The van der Waals surface area contributed by atoms with Crippen molar-refractivity contribution in [3.63, 3.8) is 0 Å². The lowest BCUT2D eigenvalue weighted by Gasteiger charge is -2.40. The zero-order valence-electron chi connectivity index (χ0n) is 25.6. The molecule has 43 heavy (non-hydrogen) atoms. The average molecular weight is 647 g/mol. The molecule has 0 aromatic rings. The number of sulfonamides is 2. The van der Waals surface area contributed by atoms with Crippen LogP contribution in [0.4, 0.5) is 0 Å². The molecule has 0 aromatic carbocycles. The number of hydrogen-bond donors (Lipinski definition) is 0. The van der Waals surface area contributed by atoms with E-state index < -0.39 is 24.8 Å². The summed E-state index contributed by atoms with van der Waals surface area (Å²) in [6, 6.07) is 0. The fraction of sp³-hybridized carbons (Fsp3) is 1.00. The van der Waals surface area contributed by atoms with Gasteiger partial charge in [0.05, 0.1) is 37.3 Å². The maximum Gasteiger partial charge on any atom is 0.244 e. The van der Waals surface area contributed by atoms with Crippen LogP contribution < -0.4 is 0 Å². The lowest BCUT2D eigenvalue weighted by Crippen LogP contribution is -2.53. The van der Waals surface area contributed by atoms with Gasteiger partial charge in [0, 0.05) is 24.8 Å². The highest BCUT2D eigenvalue weighted by atomic mass is 32.2. The Morgan fingerprint density at radius 3 is 1.86 bits per heavy atom. The van der Waals surface area contributed by atoms with E-state index in [1.54, 1.807) is 0 Å². The van der Waals surface area contributed by atoms with Crippen LogP contribution in [0.3, 0.4) is 0 Å². The predicted octanol–water partition coefficient (Wildman–Crippen LogP) is 7.23. The molecule has 4 rings (SSSR count). The highest BCUT2D eigenvalue weighted by Crippen LogP contribution is 2.51. The summed E-state index contributed by atoms with van der Waals surface area (Å²) in [7, 11) is -7.44. The largest absolute Gasteiger partial charge is 0.373 e. The van der Waals surface area contributed by atoms with E-state index in [1.807, 2.05) is 0 Å². The smallest absolute Gasteiger partial charge is 0.244 e. The van der Waals surface area contributed by atoms with Crippen molar-refractivity contribution in [3.8, 4) is 0 Å². The number of ether oxygens (including phenoxy) is 3. The van der Waals surface area contributed by atoms with Gasteiger partial charge in [-0.2, -0.15) is 0 Å². The molecule has 4 aliphatic rings. The van der Waals surface area contributed by atoms with E-state index in [0.29, 0.717) is 38.3 Å². The Labute approximate surface area is 257 Å². The van der Waals surface area contributed by atoms with Crippen molar-refractivity contribution in [2.24, 2.45) is 15.0 Å². The first-order chi connectivity index (χ1) is 20.7. The molecule has 0 aromatic heterocycles. The molecular weight excluding hydrogens is 596 g/mol. The Kier molecular flexibility index (Phi) is 14.8. The first-order valence-corrected chi connectivity index (χ1v) is 19.2. The molecule has 3 aliphatic heterocycles. The number of epoxide rings is 3. The zero-order chi connectivity index (χ0) is 31.2. The van der Waals surface area contributed by atoms with Crippen LogP contribution in [-0.4, -0.2) is 65.0 Å². The SMILES string of the molecule is CCCCCCCCC1OC1CCCCCCCCS(=O)(=O)N=[N+]=[N-].[N-]=[N+]=NS(=O)(=O)C1(C2CO2)CCCCC1C1CO1.